The summed E-state index contributed by atoms with van der Waals surface area (Å²) in [5.74, 6) is 0. The predicted molar refractivity (Wildman–Crippen MR) is 219 cm³/mol. The monoisotopic (exact) mass is 666 g/mol. The molecule has 3 heterocycles. The second-order valence-electron chi connectivity index (χ2n) is 13.3. The Morgan fingerprint density at radius 3 is 1.71 bits per heavy atom. The molecule has 0 radical (unpaired) electrons. The zero-order chi connectivity index (χ0) is 33.5. The first-order valence-corrected chi connectivity index (χ1v) is 18.3. The van der Waals surface area contributed by atoms with Crippen molar-refractivity contribution in [1.82, 2.24) is 9.13 Å². The van der Waals surface area contributed by atoms with Crippen LogP contribution in [0.3, 0.4) is 0 Å². The van der Waals surface area contributed by atoms with Gasteiger partial charge in [0.05, 0.1) is 22.1 Å². The van der Waals surface area contributed by atoms with Gasteiger partial charge in [-0.25, -0.2) is 0 Å². The van der Waals surface area contributed by atoms with Gasteiger partial charge in [-0.05, 0) is 76.9 Å². The summed E-state index contributed by atoms with van der Waals surface area (Å²) < 4.78 is 7.55. The summed E-state index contributed by atoms with van der Waals surface area (Å²) >= 11 is 1.88. The number of benzene rings is 8. The van der Waals surface area contributed by atoms with Gasteiger partial charge in [-0.1, -0.05) is 127 Å². The molecule has 0 N–H and O–H groups in total. The first-order valence-electron chi connectivity index (χ1n) is 17.4. The number of aromatic nitrogens is 2. The molecule has 11 aromatic rings. The summed E-state index contributed by atoms with van der Waals surface area (Å²) in [6.07, 6.45) is 0. The van der Waals surface area contributed by atoms with Crippen LogP contribution >= 0.6 is 11.3 Å². The van der Waals surface area contributed by atoms with Crippen LogP contribution in [0.5, 0.6) is 0 Å². The average Bonchev–Trinajstić information content (AvgIpc) is 3.85. The highest BCUT2D eigenvalue weighted by Gasteiger charge is 2.19. The molecule has 3 aromatic heterocycles. The third-order valence-corrected chi connectivity index (χ3v) is 11.7. The Balaban J connectivity index is 1.15. The quantitative estimate of drug-likeness (QED) is 0.177. The van der Waals surface area contributed by atoms with Gasteiger partial charge in [0, 0.05) is 53.1 Å². The fourth-order valence-electron chi connectivity index (χ4n) is 8.19. The van der Waals surface area contributed by atoms with Gasteiger partial charge in [0.15, 0.2) is 0 Å². The third-order valence-electron chi connectivity index (χ3n) is 10.5. The average molecular weight is 667 g/mol. The minimum Gasteiger partial charge on any atom is -0.309 e. The summed E-state index contributed by atoms with van der Waals surface area (Å²) in [6.45, 7) is 0. The van der Waals surface area contributed by atoms with Crippen LogP contribution in [0.4, 0.5) is 0 Å². The number of hydrogen-bond donors (Lipinski definition) is 0. The van der Waals surface area contributed by atoms with Crippen LogP contribution < -0.4 is 0 Å². The number of para-hydroxylation sites is 2. The maximum absolute atomic E-state index is 2.44. The molecule has 0 aliphatic heterocycles. The lowest BCUT2D eigenvalue weighted by Crippen LogP contribution is -1.96. The van der Waals surface area contributed by atoms with Gasteiger partial charge in [0.25, 0.3) is 0 Å². The topological polar surface area (TPSA) is 9.86 Å². The third kappa shape index (κ3) is 4.29. The van der Waals surface area contributed by atoms with E-state index in [4.69, 9.17) is 0 Å². The number of thiophene rings is 1. The van der Waals surface area contributed by atoms with Crippen LogP contribution in [0.1, 0.15) is 0 Å². The molecule has 0 saturated heterocycles. The minimum absolute atomic E-state index is 1.15. The number of rotatable bonds is 4. The lowest BCUT2D eigenvalue weighted by Gasteiger charge is -2.11. The Hall–Kier alpha value is -6.42. The van der Waals surface area contributed by atoms with Gasteiger partial charge >= 0.3 is 0 Å². The Morgan fingerprint density at radius 1 is 0.314 bits per heavy atom. The SMILES string of the molecule is c1ccc(-c2ccc3c4cc5c6ccccc6n(-c6ccc(-c7cccc8c7sc7ccccc78)cc6)c5cc4n(-c4ccccc4)c3c2)cc1. The van der Waals surface area contributed by atoms with E-state index in [0.717, 1.165) is 11.4 Å². The van der Waals surface area contributed by atoms with Crippen LogP contribution in [0.2, 0.25) is 0 Å². The normalized spacial score (nSPS) is 11.9. The molecule has 0 aliphatic rings. The standard InChI is InChI=1S/C48H30N2S/c1-3-12-31(13-4-1)33-24-27-38-42-29-41-37-16-7-9-20-43(37)49(45(41)30-46(42)50(44(38)28-33)34-14-5-2-6-15-34)35-25-22-32(23-26-35)36-18-11-19-40-39-17-8-10-21-47(39)51-48(36)40/h1-30H. The second kappa shape index (κ2) is 11.0. The van der Waals surface area contributed by atoms with Crippen molar-refractivity contribution in [2.45, 2.75) is 0 Å². The molecule has 0 unspecified atom stereocenters. The van der Waals surface area contributed by atoms with Crippen molar-refractivity contribution in [3.05, 3.63) is 182 Å². The molecular weight excluding hydrogens is 637 g/mol. The molecule has 0 saturated carbocycles. The molecular formula is C48H30N2S. The maximum atomic E-state index is 2.44. The molecule has 0 amide bonds. The highest BCUT2D eigenvalue weighted by Crippen LogP contribution is 2.42. The molecule has 0 spiro atoms. The smallest absolute Gasteiger partial charge is 0.0562 e. The van der Waals surface area contributed by atoms with E-state index in [0.29, 0.717) is 0 Å². The van der Waals surface area contributed by atoms with E-state index in [-0.39, 0.29) is 0 Å². The lowest BCUT2D eigenvalue weighted by atomic mass is 10.0. The fourth-order valence-corrected chi connectivity index (χ4v) is 9.43. The Labute approximate surface area is 298 Å². The summed E-state index contributed by atoms with van der Waals surface area (Å²) in [7, 11) is 0. The van der Waals surface area contributed by atoms with E-state index in [1.807, 2.05) is 11.3 Å². The van der Waals surface area contributed by atoms with Crippen molar-refractivity contribution in [1.29, 1.82) is 0 Å². The predicted octanol–water partition coefficient (Wildman–Crippen LogP) is 13.6. The molecule has 0 aliphatic carbocycles. The zero-order valence-electron chi connectivity index (χ0n) is 27.6. The van der Waals surface area contributed by atoms with E-state index in [1.54, 1.807) is 0 Å². The number of fused-ring (bicyclic) bond motifs is 9. The first-order chi connectivity index (χ1) is 25.3. The van der Waals surface area contributed by atoms with Crippen LogP contribution in [-0.4, -0.2) is 9.13 Å². The van der Waals surface area contributed by atoms with Gasteiger partial charge in [-0.15, -0.1) is 11.3 Å². The summed E-state index contributed by atoms with van der Waals surface area (Å²) in [6, 6.07) is 66.6. The van der Waals surface area contributed by atoms with Crippen LogP contribution in [-0.2, 0) is 0 Å². The van der Waals surface area contributed by atoms with Crippen molar-refractivity contribution in [3.8, 4) is 33.6 Å². The van der Waals surface area contributed by atoms with E-state index < -0.39 is 0 Å². The summed E-state index contributed by atoms with van der Waals surface area (Å²) in [4.78, 5) is 0. The number of nitrogens with zero attached hydrogens (tertiary/aromatic N) is 2. The molecule has 11 rings (SSSR count). The van der Waals surface area contributed by atoms with E-state index in [9.17, 15) is 0 Å². The minimum atomic E-state index is 1.15. The van der Waals surface area contributed by atoms with Gasteiger partial charge in [0.2, 0.25) is 0 Å². The fraction of sp³-hybridized carbons (Fsp3) is 0. The van der Waals surface area contributed by atoms with Crippen LogP contribution in [0, 0.1) is 0 Å². The number of hydrogen-bond acceptors (Lipinski definition) is 1. The molecule has 238 valence electrons. The van der Waals surface area contributed by atoms with Gasteiger partial charge in [-0.3, -0.25) is 0 Å². The molecule has 0 bridgehead atoms. The molecule has 3 heteroatoms. The zero-order valence-corrected chi connectivity index (χ0v) is 28.4. The Kier molecular flexibility index (Phi) is 6.16. The van der Waals surface area contributed by atoms with Crippen molar-refractivity contribution in [2.75, 3.05) is 0 Å². The molecule has 51 heavy (non-hydrogen) atoms. The van der Waals surface area contributed by atoms with Crippen molar-refractivity contribution in [2.24, 2.45) is 0 Å². The van der Waals surface area contributed by atoms with Crippen LogP contribution in [0.15, 0.2) is 182 Å². The molecule has 2 nitrogen and oxygen atoms in total. The van der Waals surface area contributed by atoms with Gasteiger partial charge < -0.3 is 9.13 Å². The van der Waals surface area contributed by atoms with Gasteiger partial charge in [-0.2, -0.15) is 0 Å². The maximum Gasteiger partial charge on any atom is 0.0562 e. The molecule has 8 aromatic carbocycles. The Bertz CT molecular complexity index is 3110. The summed E-state index contributed by atoms with van der Waals surface area (Å²) in [5, 5.41) is 7.69. The summed E-state index contributed by atoms with van der Waals surface area (Å²) in [5.41, 5.74) is 12.1. The van der Waals surface area contributed by atoms with E-state index >= 15 is 0 Å². The first kappa shape index (κ1) is 28.4. The van der Waals surface area contributed by atoms with Crippen LogP contribution in [0.25, 0.3) is 97.4 Å². The highest BCUT2D eigenvalue weighted by molar-refractivity contribution is 7.26. The van der Waals surface area contributed by atoms with E-state index in [2.05, 4.69) is 191 Å². The van der Waals surface area contributed by atoms with E-state index in [1.165, 1.54) is 86.0 Å². The van der Waals surface area contributed by atoms with Gasteiger partial charge in [0.1, 0.15) is 0 Å². The Morgan fingerprint density at radius 2 is 0.902 bits per heavy atom. The second-order valence-corrected chi connectivity index (χ2v) is 14.4. The van der Waals surface area contributed by atoms with Crippen molar-refractivity contribution < 1.29 is 0 Å². The molecule has 0 fully saturated rings. The van der Waals surface area contributed by atoms with Crippen molar-refractivity contribution >= 4 is 75.1 Å². The van der Waals surface area contributed by atoms with Crippen molar-refractivity contribution in [3.63, 3.8) is 0 Å². The molecule has 0 atom stereocenters. The largest absolute Gasteiger partial charge is 0.309 e. The lowest BCUT2D eigenvalue weighted by molar-refractivity contribution is 1.16. The highest BCUT2D eigenvalue weighted by atomic mass is 32.1.